The number of ether oxygens (including phenoxy) is 1. The van der Waals surface area contributed by atoms with Crippen molar-refractivity contribution in [3.8, 4) is 5.75 Å². The van der Waals surface area contributed by atoms with Crippen LogP contribution < -0.4 is 10.1 Å². The van der Waals surface area contributed by atoms with Gasteiger partial charge in [0.2, 0.25) is 0 Å². The molecule has 1 atom stereocenters. The minimum absolute atomic E-state index is 0.308. The maximum Gasteiger partial charge on any atom is 0.333 e. The van der Waals surface area contributed by atoms with Gasteiger partial charge in [-0.25, -0.2) is 0 Å². The molecule has 0 radical (unpaired) electrons. The Labute approximate surface area is 216 Å². The van der Waals surface area contributed by atoms with Crippen LogP contribution in [-0.2, 0) is 14.6 Å². The highest BCUT2D eigenvalue weighted by Crippen LogP contribution is 2.54. The Hall–Kier alpha value is -2.43. The lowest BCUT2D eigenvalue weighted by atomic mass is 9.77. The largest absolute Gasteiger partial charge is 0.497 e. The normalized spacial score (nSPS) is 13.8. The molecule has 0 saturated heterocycles. The molecule has 6 heteroatoms. The van der Waals surface area contributed by atoms with Gasteiger partial charge in [0.05, 0.1) is 24.4 Å². The zero-order valence-electron chi connectivity index (χ0n) is 21.9. The molecule has 2 N–H and O–H groups in total. The first-order valence-corrected chi connectivity index (χ1v) is 14.3. The smallest absolute Gasteiger partial charge is 0.333 e. The van der Waals surface area contributed by atoms with E-state index in [9.17, 15) is 9.46 Å². The van der Waals surface area contributed by atoms with E-state index in [1.165, 1.54) is 11.1 Å². The summed E-state index contributed by atoms with van der Waals surface area (Å²) in [5.74, 6) is 0.829. The molecule has 0 aliphatic rings. The molecule has 0 aliphatic heterocycles. The van der Waals surface area contributed by atoms with E-state index in [2.05, 4.69) is 66.0 Å². The van der Waals surface area contributed by atoms with Crippen molar-refractivity contribution in [1.82, 2.24) is 5.32 Å². The fourth-order valence-electron chi connectivity index (χ4n) is 4.26. The summed E-state index contributed by atoms with van der Waals surface area (Å²) in [6.07, 6.45) is 3.69. The first-order chi connectivity index (χ1) is 17.2. The van der Waals surface area contributed by atoms with Crippen molar-refractivity contribution >= 4 is 7.60 Å². The van der Waals surface area contributed by atoms with Crippen molar-refractivity contribution in [3.05, 3.63) is 102 Å². The van der Waals surface area contributed by atoms with Crippen LogP contribution in [0.1, 0.15) is 63.1 Å². The van der Waals surface area contributed by atoms with Crippen LogP contribution in [0.5, 0.6) is 5.75 Å². The van der Waals surface area contributed by atoms with Crippen molar-refractivity contribution in [2.75, 3.05) is 20.3 Å². The summed E-state index contributed by atoms with van der Waals surface area (Å²) in [5, 5.41) is 3.14. The number of rotatable bonds is 13. The van der Waals surface area contributed by atoms with E-state index in [1.807, 2.05) is 24.3 Å². The fourth-order valence-corrected chi connectivity index (χ4v) is 5.03. The highest BCUT2D eigenvalue weighted by atomic mass is 31.2. The summed E-state index contributed by atoms with van der Waals surface area (Å²) >= 11 is 0. The van der Waals surface area contributed by atoms with Gasteiger partial charge < -0.3 is 14.2 Å². The van der Waals surface area contributed by atoms with Crippen molar-refractivity contribution < 1.29 is 18.7 Å². The highest BCUT2D eigenvalue weighted by Gasteiger charge is 2.36. The van der Waals surface area contributed by atoms with E-state index in [0.717, 1.165) is 43.5 Å². The molecular formula is C30H40NO4P. The molecule has 194 valence electrons. The maximum absolute atomic E-state index is 12.2. The number of methoxy groups -OCH3 is 1. The third kappa shape index (κ3) is 6.86. The van der Waals surface area contributed by atoms with Gasteiger partial charge >= 0.3 is 7.60 Å². The predicted octanol–water partition coefficient (Wildman–Crippen LogP) is 7.14. The van der Waals surface area contributed by atoms with Crippen LogP contribution in [0, 0.1) is 0 Å². The Morgan fingerprint density at radius 3 is 1.75 bits per heavy atom. The molecule has 0 aliphatic carbocycles. The molecule has 3 rings (SSSR count). The fraction of sp³-hybridized carbons (Fsp3) is 0.400. The maximum atomic E-state index is 12.2. The lowest BCUT2D eigenvalue weighted by molar-refractivity contribution is 0.236. The Kier molecular flexibility index (Phi) is 9.92. The lowest BCUT2D eigenvalue weighted by Crippen LogP contribution is -2.45. The molecule has 0 amide bonds. The third-order valence-corrected chi connectivity index (χ3v) is 8.74. The summed E-state index contributed by atoms with van der Waals surface area (Å²) in [5.41, 5.74) is 3.00. The van der Waals surface area contributed by atoms with Gasteiger partial charge in [0.15, 0.2) is 0 Å². The van der Waals surface area contributed by atoms with Crippen LogP contribution in [0.3, 0.4) is 0 Å². The Balaban J connectivity index is 1.72. The first kappa shape index (κ1) is 28.1. The Bertz CT molecular complexity index is 1060. The van der Waals surface area contributed by atoms with Gasteiger partial charge in [-0.1, -0.05) is 85.6 Å². The van der Waals surface area contributed by atoms with Crippen LogP contribution in [0.25, 0.3) is 0 Å². The molecule has 5 nitrogen and oxygen atoms in total. The second-order valence-corrected chi connectivity index (χ2v) is 12.7. The van der Waals surface area contributed by atoms with E-state index < -0.39 is 18.3 Å². The van der Waals surface area contributed by atoms with Gasteiger partial charge in [-0.3, -0.25) is 9.88 Å². The second kappa shape index (κ2) is 12.7. The summed E-state index contributed by atoms with van der Waals surface area (Å²) in [4.78, 5) is 10.1. The molecule has 0 spiro atoms. The Morgan fingerprint density at radius 1 is 0.750 bits per heavy atom. The molecule has 0 bridgehead atoms. The molecule has 0 fully saturated rings. The predicted molar refractivity (Wildman–Crippen MR) is 148 cm³/mol. The number of hydrogen-bond acceptors (Lipinski definition) is 4. The van der Waals surface area contributed by atoms with Gasteiger partial charge in [0, 0.05) is 0 Å². The van der Waals surface area contributed by atoms with Gasteiger partial charge in [-0.05, 0) is 69.0 Å². The summed E-state index contributed by atoms with van der Waals surface area (Å²) in [6, 6.07) is 29.4. The van der Waals surface area contributed by atoms with Gasteiger partial charge in [-0.15, -0.1) is 0 Å². The second-order valence-electron chi connectivity index (χ2n) is 10.1. The van der Waals surface area contributed by atoms with Gasteiger partial charge in [0.25, 0.3) is 0 Å². The van der Waals surface area contributed by atoms with Crippen molar-refractivity contribution in [3.63, 3.8) is 0 Å². The van der Waals surface area contributed by atoms with E-state index in [-0.39, 0.29) is 0 Å². The zero-order valence-corrected chi connectivity index (χ0v) is 22.8. The van der Waals surface area contributed by atoms with Crippen molar-refractivity contribution in [1.29, 1.82) is 0 Å². The van der Waals surface area contributed by atoms with E-state index >= 15 is 0 Å². The van der Waals surface area contributed by atoms with Gasteiger partial charge in [0.1, 0.15) is 5.75 Å². The highest BCUT2D eigenvalue weighted by molar-refractivity contribution is 7.54. The van der Waals surface area contributed by atoms with E-state index in [1.54, 1.807) is 27.9 Å². The summed E-state index contributed by atoms with van der Waals surface area (Å²) in [7, 11) is -1.91. The monoisotopic (exact) mass is 509 g/mol. The molecule has 3 aromatic carbocycles. The van der Waals surface area contributed by atoms with Gasteiger partial charge in [-0.2, -0.15) is 0 Å². The average Bonchev–Trinajstić information content (AvgIpc) is 2.88. The topological polar surface area (TPSA) is 67.8 Å². The van der Waals surface area contributed by atoms with Crippen LogP contribution in [0.4, 0.5) is 0 Å². The number of benzene rings is 3. The molecule has 36 heavy (non-hydrogen) atoms. The van der Waals surface area contributed by atoms with Crippen LogP contribution in [0.15, 0.2) is 84.9 Å². The summed E-state index contributed by atoms with van der Waals surface area (Å²) in [6.45, 7) is 6.31. The van der Waals surface area contributed by atoms with Crippen LogP contribution in [-0.4, -0.2) is 30.3 Å². The van der Waals surface area contributed by atoms with Crippen molar-refractivity contribution in [2.45, 2.75) is 57.1 Å². The quantitative estimate of drug-likeness (QED) is 0.146. The molecule has 0 saturated carbocycles. The minimum Gasteiger partial charge on any atom is -0.497 e. The molecular weight excluding hydrogens is 469 g/mol. The minimum atomic E-state index is -3.59. The number of unbranched alkanes of at least 4 members (excludes halogenated alkanes) is 3. The van der Waals surface area contributed by atoms with E-state index in [0.29, 0.717) is 6.61 Å². The molecule has 1 unspecified atom stereocenters. The molecule has 0 heterocycles. The van der Waals surface area contributed by atoms with Crippen LogP contribution in [0.2, 0.25) is 0 Å². The molecule has 0 aromatic heterocycles. The SMILES string of the molecule is COc1ccc(C(NCCCCCCOP(=O)(O)C(C)(C)C)(c2ccccc2)c2ccccc2)cc1. The van der Waals surface area contributed by atoms with Crippen molar-refractivity contribution in [2.24, 2.45) is 0 Å². The number of nitrogens with one attached hydrogen (secondary N) is 1. The standard InChI is InChI=1S/C30H40NO4P/c1-29(2,3)36(32,33)35-24-14-6-5-13-23-31-30(25-15-9-7-10-16-25,26-17-11-8-12-18-26)27-19-21-28(34-4)22-20-27/h7-12,15-22,31H,5-6,13-14,23-24H2,1-4H3,(H,32,33). The lowest BCUT2D eigenvalue weighted by Gasteiger charge is -2.37. The van der Waals surface area contributed by atoms with E-state index in [4.69, 9.17) is 9.26 Å². The Morgan fingerprint density at radius 2 is 1.25 bits per heavy atom. The first-order valence-electron chi connectivity index (χ1n) is 12.7. The van der Waals surface area contributed by atoms with Crippen LogP contribution >= 0.6 is 7.60 Å². The molecule has 3 aromatic rings. The third-order valence-electron chi connectivity index (χ3n) is 6.51. The zero-order chi connectivity index (χ0) is 26.1. The summed E-state index contributed by atoms with van der Waals surface area (Å²) < 4.78 is 23.0. The average molecular weight is 510 g/mol. The number of hydrogen-bond donors (Lipinski definition) is 2.